The summed E-state index contributed by atoms with van der Waals surface area (Å²) in [6.45, 7) is 3.34. The van der Waals surface area contributed by atoms with Gasteiger partial charge in [0.15, 0.2) is 11.6 Å². The Morgan fingerprint density at radius 1 is 1.07 bits per heavy atom. The van der Waals surface area contributed by atoms with Gasteiger partial charge in [-0.05, 0) is 38.1 Å². The van der Waals surface area contributed by atoms with Crippen molar-refractivity contribution >= 4 is 17.3 Å². The third-order valence-corrected chi connectivity index (χ3v) is 4.50. The summed E-state index contributed by atoms with van der Waals surface area (Å²) < 4.78 is 29.5. The zero-order chi connectivity index (χ0) is 20.4. The molecule has 1 unspecified atom stereocenters. The molecule has 3 aromatic rings. The van der Waals surface area contributed by atoms with Crippen LogP contribution in [0.1, 0.15) is 12.6 Å². The third kappa shape index (κ3) is 3.66. The lowest BCUT2D eigenvalue weighted by atomic mass is 10.2. The van der Waals surface area contributed by atoms with E-state index in [2.05, 4.69) is 10.6 Å². The maximum Gasteiger partial charge on any atom is 0.295 e. The maximum atomic E-state index is 13.3. The van der Waals surface area contributed by atoms with Gasteiger partial charge in [0.2, 0.25) is 5.91 Å². The van der Waals surface area contributed by atoms with Crippen molar-refractivity contribution < 1.29 is 13.6 Å². The summed E-state index contributed by atoms with van der Waals surface area (Å²) in [5.41, 5.74) is 1.48. The average Bonchev–Trinajstić information content (AvgIpc) is 2.88. The first kappa shape index (κ1) is 19.3. The highest BCUT2D eigenvalue weighted by atomic mass is 19.2. The summed E-state index contributed by atoms with van der Waals surface area (Å²) in [6, 6.07) is 11.4. The monoisotopic (exact) mass is 386 g/mol. The van der Waals surface area contributed by atoms with Gasteiger partial charge in [0.05, 0.1) is 11.4 Å². The van der Waals surface area contributed by atoms with Gasteiger partial charge in [-0.15, -0.1) is 0 Å². The summed E-state index contributed by atoms with van der Waals surface area (Å²) in [6.07, 6.45) is 0. The number of amides is 1. The number of benzene rings is 2. The van der Waals surface area contributed by atoms with Crippen LogP contribution in [-0.4, -0.2) is 21.3 Å². The van der Waals surface area contributed by atoms with E-state index in [0.29, 0.717) is 17.1 Å². The number of carbonyl (C=O) groups is 1. The van der Waals surface area contributed by atoms with Crippen LogP contribution < -0.4 is 16.2 Å². The molecule has 6 nitrogen and oxygen atoms in total. The molecule has 3 rings (SSSR count). The lowest BCUT2D eigenvalue weighted by Gasteiger charge is -2.14. The Hall–Kier alpha value is -3.42. The second-order valence-corrected chi connectivity index (χ2v) is 6.42. The first-order valence-corrected chi connectivity index (χ1v) is 8.66. The molecule has 1 aromatic heterocycles. The third-order valence-electron chi connectivity index (χ3n) is 4.50. The number of para-hydroxylation sites is 1. The van der Waals surface area contributed by atoms with Gasteiger partial charge in [-0.2, -0.15) is 0 Å². The SMILES string of the molecule is Cc1c(NC(C)C(=O)Nc2ccc(F)c(F)c2)c(=O)n(-c2ccccc2)n1C. The maximum absolute atomic E-state index is 13.3. The molecule has 0 bridgehead atoms. The largest absolute Gasteiger partial charge is 0.368 e. The van der Waals surface area contributed by atoms with E-state index in [1.165, 1.54) is 10.7 Å². The van der Waals surface area contributed by atoms with E-state index < -0.39 is 23.6 Å². The summed E-state index contributed by atoms with van der Waals surface area (Å²) >= 11 is 0. The number of hydrogen-bond acceptors (Lipinski definition) is 3. The van der Waals surface area contributed by atoms with E-state index in [9.17, 15) is 18.4 Å². The van der Waals surface area contributed by atoms with Crippen LogP contribution in [0.4, 0.5) is 20.2 Å². The molecule has 0 fully saturated rings. The van der Waals surface area contributed by atoms with Crippen molar-refractivity contribution in [1.82, 2.24) is 9.36 Å². The summed E-state index contributed by atoms with van der Waals surface area (Å²) in [7, 11) is 1.75. The first-order chi connectivity index (χ1) is 13.3. The van der Waals surface area contributed by atoms with E-state index in [-0.39, 0.29) is 11.2 Å². The summed E-state index contributed by atoms with van der Waals surface area (Å²) in [4.78, 5) is 25.3. The number of aromatic nitrogens is 2. The molecule has 0 radical (unpaired) electrons. The van der Waals surface area contributed by atoms with Crippen LogP contribution in [0.15, 0.2) is 53.3 Å². The van der Waals surface area contributed by atoms with Crippen molar-refractivity contribution in [3.8, 4) is 5.69 Å². The number of hydrogen-bond donors (Lipinski definition) is 2. The molecule has 0 saturated carbocycles. The van der Waals surface area contributed by atoms with Crippen LogP contribution in [0.2, 0.25) is 0 Å². The molecule has 1 atom stereocenters. The number of rotatable bonds is 5. The molecule has 0 aliphatic rings. The zero-order valence-corrected chi connectivity index (χ0v) is 15.7. The van der Waals surface area contributed by atoms with Crippen molar-refractivity contribution in [2.75, 3.05) is 10.6 Å². The number of carbonyl (C=O) groups excluding carboxylic acids is 1. The molecule has 0 saturated heterocycles. The van der Waals surface area contributed by atoms with Gasteiger partial charge < -0.3 is 10.6 Å². The number of nitrogens with zero attached hydrogens (tertiary/aromatic N) is 2. The molecular weight excluding hydrogens is 366 g/mol. The van der Waals surface area contributed by atoms with Crippen molar-refractivity contribution in [3.63, 3.8) is 0 Å². The second kappa shape index (κ2) is 7.67. The Labute approximate surface area is 160 Å². The van der Waals surface area contributed by atoms with Crippen LogP contribution in [0.5, 0.6) is 0 Å². The normalized spacial score (nSPS) is 11.9. The van der Waals surface area contributed by atoms with Gasteiger partial charge in [0, 0.05) is 18.8 Å². The Balaban J connectivity index is 1.82. The topological polar surface area (TPSA) is 68.1 Å². The standard InChI is InChI=1S/C20H20F2N4O2/c1-12(19(27)24-14-9-10-16(21)17(22)11-14)23-18-13(2)25(3)26(20(18)28)15-7-5-4-6-8-15/h4-12,23H,1-3H3,(H,24,27). The zero-order valence-electron chi connectivity index (χ0n) is 15.7. The van der Waals surface area contributed by atoms with Crippen molar-refractivity contribution in [1.29, 1.82) is 0 Å². The smallest absolute Gasteiger partial charge is 0.295 e. The fourth-order valence-electron chi connectivity index (χ4n) is 2.84. The van der Waals surface area contributed by atoms with E-state index >= 15 is 0 Å². The van der Waals surface area contributed by atoms with E-state index in [1.54, 1.807) is 25.6 Å². The molecule has 8 heteroatoms. The molecule has 1 amide bonds. The Morgan fingerprint density at radius 3 is 2.39 bits per heavy atom. The van der Waals surface area contributed by atoms with Gasteiger partial charge in [-0.25, -0.2) is 13.5 Å². The lowest BCUT2D eigenvalue weighted by molar-refractivity contribution is -0.116. The summed E-state index contributed by atoms with van der Waals surface area (Å²) in [5, 5.41) is 5.42. The van der Waals surface area contributed by atoms with Crippen LogP contribution in [-0.2, 0) is 11.8 Å². The number of halogens is 2. The summed E-state index contributed by atoms with van der Waals surface area (Å²) in [5.74, 6) is -2.53. The second-order valence-electron chi connectivity index (χ2n) is 6.42. The highest BCUT2D eigenvalue weighted by Gasteiger charge is 2.21. The highest BCUT2D eigenvalue weighted by molar-refractivity contribution is 5.96. The fourth-order valence-corrected chi connectivity index (χ4v) is 2.84. The Bertz CT molecular complexity index is 1070. The number of anilines is 2. The predicted octanol–water partition coefficient (Wildman–Crippen LogP) is 3.20. The molecule has 2 N–H and O–H groups in total. The van der Waals surface area contributed by atoms with E-state index in [0.717, 1.165) is 12.1 Å². The average molecular weight is 386 g/mol. The molecular formula is C20H20F2N4O2. The molecule has 0 aliphatic heterocycles. The van der Waals surface area contributed by atoms with Crippen LogP contribution in [0, 0.1) is 18.6 Å². The minimum absolute atomic E-state index is 0.129. The predicted molar refractivity (Wildman–Crippen MR) is 104 cm³/mol. The van der Waals surface area contributed by atoms with Crippen LogP contribution in [0.3, 0.4) is 0 Å². The van der Waals surface area contributed by atoms with E-state index in [1.807, 2.05) is 30.3 Å². The fraction of sp³-hybridized carbons (Fsp3) is 0.200. The molecule has 0 aliphatic carbocycles. The van der Waals surface area contributed by atoms with Gasteiger partial charge in [-0.1, -0.05) is 18.2 Å². The van der Waals surface area contributed by atoms with Gasteiger partial charge >= 0.3 is 0 Å². The lowest BCUT2D eigenvalue weighted by Crippen LogP contribution is -2.34. The van der Waals surface area contributed by atoms with Crippen molar-refractivity contribution in [2.45, 2.75) is 19.9 Å². The van der Waals surface area contributed by atoms with Crippen LogP contribution in [0.25, 0.3) is 5.69 Å². The van der Waals surface area contributed by atoms with Gasteiger partial charge in [0.25, 0.3) is 5.56 Å². The molecule has 146 valence electrons. The van der Waals surface area contributed by atoms with Crippen molar-refractivity contribution in [2.24, 2.45) is 7.05 Å². The molecule has 2 aromatic carbocycles. The Kier molecular flexibility index (Phi) is 5.30. The quantitative estimate of drug-likeness (QED) is 0.708. The minimum Gasteiger partial charge on any atom is -0.368 e. The highest BCUT2D eigenvalue weighted by Crippen LogP contribution is 2.16. The van der Waals surface area contributed by atoms with Gasteiger partial charge in [0.1, 0.15) is 11.7 Å². The van der Waals surface area contributed by atoms with Crippen LogP contribution >= 0.6 is 0 Å². The van der Waals surface area contributed by atoms with E-state index in [4.69, 9.17) is 0 Å². The van der Waals surface area contributed by atoms with Gasteiger partial charge in [-0.3, -0.25) is 14.3 Å². The molecule has 1 heterocycles. The van der Waals surface area contributed by atoms with Crippen molar-refractivity contribution in [3.05, 3.63) is 76.2 Å². The molecule has 0 spiro atoms. The molecule has 28 heavy (non-hydrogen) atoms. The number of nitrogens with one attached hydrogen (secondary N) is 2. The minimum atomic E-state index is -1.05. The Morgan fingerprint density at radius 2 is 1.75 bits per heavy atom. The first-order valence-electron chi connectivity index (χ1n) is 8.66.